The number of carbonyl (C=O) groups is 1. The fourth-order valence-electron chi connectivity index (χ4n) is 3.29. The van der Waals surface area contributed by atoms with Crippen molar-refractivity contribution in [1.82, 2.24) is 5.32 Å². The van der Waals surface area contributed by atoms with Crippen molar-refractivity contribution >= 4 is 5.91 Å². The first-order valence-corrected chi connectivity index (χ1v) is 7.56. The van der Waals surface area contributed by atoms with E-state index in [0.29, 0.717) is 11.3 Å². The number of fused-ring (bicyclic) bond motifs is 1. The molecular weight excluding hydrogens is 274 g/mol. The standard InChI is InChI=1S/C19H21NO2.H2/c1-19(2)15-10-6-4-8-13(15)12-17(19)20-18(21)14-9-5-7-11-16(14)22-3;/h4-11,17H,12H2,1-3H3,(H,20,21);1H. The normalized spacial score (nSPS) is 18.6. The zero-order valence-corrected chi connectivity index (χ0v) is 13.2. The van der Waals surface area contributed by atoms with Crippen molar-refractivity contribution in [2.75, 3.05) is 7.11 Å². The highest BCUT2D eigenvalue weighted by molar-refractivity contribution is 5.97. The molecule has 0 fully saturated rings. The summed E-state index contributed by atoms with van der Waals surface area (Å²) in [6.45, 7) is 4.37. The van der Waals surface area contributed by atoms with Crippen LogP contribution in [-0.2, 0) is 11.8 Å². The lowest BCUT2D eigenvalue weighted by Gasteiger charge is -2.29. The van der Waals surface area contributed by atoms with E-state index in [1.165, 1.54) is 11.1 Å². The number of hydrogen-bond donors (Lipinski definition) is 1. The Labute approximate surface area is 132 Å². The van der Waals surface area contributed by atoms with Crippen molar-refractivity contribution < 1.29 is 11.0 Å². The molecule has 1 aliphatic rings. The molecule has 0 aliphatic heterocycles. The number of nitrogens with one attached hydrogen (secondary N) is 1. The summed E-state index contributed by atoms with van der Waals surface area (Å²) >= 11 is 0. The van der Waals surface area contributed by atoms with Crippen LogP contribution >= 0.6 is 0 Å². The van der Waals surface area contributed by atoms with Crippen LogP contribution in [0.5, 0.6) is 5.75 Å². The summed E-state index contributed by atoms with van der Waals surface area (Å²) in [4.78, 5) is 12.6. The van der Waals surface area contributed by atoms with Crippen molar-refractivity contribution in [1.29, 1.82) is 0 Å². The number of carbonyl (C=O) groups excluding carboxylic acids is 1. The summed E-state index contributed by atoms with van der Waals surface area (Å²) < 4.78 is 5.28. The average molecular weight is 297 g/mol. The molecule has 2 aromatic rings. The molecule has 1 amide bonds. The first-order valence-electron chi connectivity index (χ1n) is 7.56. The monoisotopic (exact) mass is 297 g/mol. The smallest absolute Gasteiger partial charge is 0.255 e. The SMILES string of the molecule is COc1ccccc1C(=O)NC1Cc2ccccc2C1(C)C.[HH]. The second-order valence-corrected chi connectivity index (χ2v) is 6.31. The van der Waals surface area contributed by atoms with Gasteiger partial charge in [-0.2, -0.15) is 0 Å². The number of amides is 1. The maximum atomic E-state index is 12.6. The van der Waals surface area contributed by atoms with E-state index < -0.39 is 0 Å². The van der Waals surface area contributed by atoms with Crippen LogP contribution in [0.3, 0.4) is 0 Å². The van der Waals surface area contributed by atoms with Gasteiger partial charge in [0.25, 0.3) is 5.91 Å². The van der Waals surface area contributed by atoms with Crippen LogP contribution in [-0.4, -0.2) is 19.1 Å². The van der Waals surface area contributed by atoms with E-state index in [9.17, 15) is 4.79 Å². The van der Waals surface area contributed by atoms with E-state index >= 15 is 0 Å². The molecule has 0 bridgehead atoms. The maximum Gasteiger partial charge on any atom is 0.255 e. The van der Waals surface area contributed by atoms with Gasteiger partial charge in [0, 0.05) is 12.9 Å². The van der Waals surface area contributed by atoms with Crippen LogP contribution < -0.4 is 10.1 Å². The predicted molar refractivity (Wildman–Crippen MR) is 89.5 cm³/mol. The Balaban J connectivity index is 0.00000192. The van der Waals surface area contributed by atoms with E-state index in [2.05, 4.69) is 43.4 Å². The summed E-state index contributed by atoms with van der Waals surface area (Å²) in [5.74, 6) is 0.525. The van der Waals surface area contributed by atoms with Crippen LogP contribution in [0.1, 0.15) is 36.8 Å². The first-order chi connectivity index (χ1) is 10.5. The van der Waals surface area contributed by atoms with Crippen LogP contribution in [0.15, 0.2) is 48.5 Å². The molecule has 0 spiro atoms. The lowest BCUT2D eigenvalue weighted by atomic mass is 9.83. The minimum absolute atomic E-state index is 0. The highest BCUT2D eigenvalue weighted by Crippen LogP contribution is 2.38. The highest BCUT2D eigenvalue weighted by Gasteiger charge is 2.40. The highest BCUT2D eigenvalue weighted by atomic mass is 16.5. The van der Waals surface area contributed by atoms with Gasteiger partial charge >= 0.3 is 0 Å². The number of ether oxygens (including phenoxy) is 1. The van der Waals surface area contributed by atoms with Crippen molar-refractivity contribution in [3.05, 3.63) is 65.2 Å². The fraction of sp³-hybridized carbons (Fsp3) is 0.316. The molecule has 2 aromatic carbocycles. The van der Waals surface area contributed by atoms with Crippen molar-refractivity contribution in [3.63, 3.8) is 0 Å². The summed E-state index contributed by atoms with van der Waals surface area (Å²) in [5.41, 5.74) is 3.14. The lowest BCUT2D eigenvalue weighted by Crippen LogP contribution is -2.45. The van der Waals surface area contributed by atoms with Crippen LogP contribution in [0.2, 0.25) is 0 Å². The minimum atomic E-state index is -0.0802. The molecule has 0 saturated heterocycles. The van der Waals surface area contributed by atoms with Crippen molar-refractivity contribution in [2.45, 2.75) is 31.7 Å². The number of hydrogen-bond acceptors (Lipinski definition) is 2. The molecule has 3 nitrogen and oxygen atoms in total. The number of rotatable bonds is 3. The molecule has 1 atom stereocenters. The zero-order chi connectivity index (χ0) is 15.7. The van der Waals surface area contributed by atoms with Gasteiger partial charge in [-0.3, -0.25) is 4.79 Å². The lowest BCUT2D eigenvalue weighted by molar-refractivity contribution is 0.0920. The Bertz CT molecular complexity index is 712. The molecule has 0 aromatic heterocycles. The third kappa shape index (κ3) is 2.37. The predicted octanol–water partition coefficient (Wildman–Crippen LogP) is 3.57. The van der Waals surface area contributed by atoms with E-state index in [4.69, 9.17) is 4.74 Å². The van der Waals surface area contributed by atoms with Gasteiger partial charge in [0.1, 0.15) is 5.75 Å². The number of para-hydroxylation sites is 1. The summed E-state index contributed by atoms with van der Waals surface area (Å²) in [6, 6.07) is 15.8. The van der Waals surface area contributed by atoms with E-state index in [1.54, 1.807) is 13.2 Å². The van der Waals surface area contributed by atoms with Gasteiger partial charge < -0.3 is 10.1 Å². The molecule has 22 heavy (non-hydrogen) atoms. The Morgan fingerprint density at radius 1 is 1.18 bits per heavy atom. The molecule has 116 valence electrons. The largest absolute Gasteiger partial charge is 0.496 e. The van der Waals surface area contributed by atoms with Crippen molar-refractivity contribution in [3.8, 4) is 5.75 Å². The number of benzene rings is 2. The molecule has 1 unspecified atom stereocenters. The topological polar surface area (TPSA) is 38.3 Å². The maximum absolute atomic E-state index is 12.6. The van der Waals surface area contributed by atoms with Gasteiger partial charge in [0.2, 0.25) is 0 Å². The molecule has 0 radical (unpaired) electrons. The third-order valence-electron chi connectivity index (χ3n) is 4.66. The third-order valence-corrected chi connectivity index (χ3v) is 4.66. The molecule has 3 heteroatoms. The van der Waals surface area contributed by atoms with E-state index in [1.807, 2.05) is 18.2 Å². The second-order valence-electron chi connectivity index (χ2n) is 6.31. The van der Waals surface area contributed by atoms with Crippen LogP contribution in [0.4, 0.5) is 0 Å². The van der Waals surface area contributed by atoms with E-state index in [0.717, 1.165) is 6.42 Å². The molecule has 0 heterocycles. The molecule has 0 saturated carbocycles. The second kappa shape index (κ2) is 5.48. The molecule has 1 N–H and O–H groups in total. The number of methoxy groups -OCH3 is 1. The van der Waals surface area contributed by atoms with Crippen molar-refractivity contribution in [2.24, 2.45) is 0 Å². The Morgan fingerprint density at radius 2 is 1.86 bits per heavy atom. The van der Waals surface area contributed by atoms with Gasteiger partial charge in [0.05, 0.1) is 12.7 Å². The summed E-state index contributed by atoms with van der Waals surface area (Å²) in [5, 5.41) is 3.19. The molecular formula is C19H23NO2. The van der Waals surface area contributed by atoms with Gasteiger partial charge in [-0.25, -0.2) is 0 Å². The van der Waals surface area contributed by atoms with E-state index in [-0.39, 0.29) is 18.8 Å². The first kappa shape index (κ1) is 14.6. The quantitative estimate of drug-likeness (QED) is 0.940. The van der Waals surface area contributed by atoms with Gasteiger partial charge in [0.15, 0.2) is 0 Å². The van der Waals surface area contributed by atoms with Gasteiger partial charge in [-0.15, -0.1) is 0 Å². The summed E-state index contributed by atoms with van der Waals surface area (Å²) in [6.07, 6.45) is 0.865. The fourth-order valence-corrected chi connectivity index (χ4v) is 3.29. The summed E-state index contributed by atoms with van der Waals surface area (Å²) in [7, 11) is 1.58. The van der Waals surface area contributed by atoms with Crippen LogP contribution in [0, 0.1) is 0 Å². The van der Waals surface area contributed by atoms with Gasteiger partial charge in [-0.1, -0.05) is 50.2 Å². The Kier molecular flexibility index (Phi) is 3.65. The Hall–Kier alpha value is -2.29. The van der Waals surface area contributed by atoms with Gasteiger partial charge in [-0.05, 0) is 29.7 Å². The molecule has 3 rings (SSSR count). The molecule has 1 aliphatic carbocycles. The average Bonchev–Trinajstić information content (AvgIpc) is 2.78. The Morgan fingerprint density at radius 3 is 2.59 bits per heavy atom. The minimum Gasteiger partial charge on any atom is -0.496 e. The van der Waals surface area contributed by atoms with Crippen LogP contribution in [0.25, 0.3) is 0 Å². The zero-order valence-electron chi connectivity index (χ0n) is 13.2.